The van der Waals surface area contributed by atoms with Gasteiger partial charge in [-0.2, -0.15) is 0 Å². The third-order valence-electron chi connectivity index (χ3n) is 3.68. The number of methoxy groups -OCH3 is 1. The first-order valence-corrected chi connectivity index (χ1v) is 9.21. The van der Waals surface area contributed by atoms with Crippen molar-refractivity contribution in [2.45, 2.75) is 11.4 Å². The van der Waals surface area contributed by atoms with Gasteiger partial charge < -0.3 is 9.72 Å². The molecule has 3 rings (SSSR count). The molecule has 0 unspecified atom stereocenters. The zero-order chi connectivity index (χ0) is 18.0. The quantitative estimate of drug-likeness (QED) is 0.668. The lowest BCUT2D eigenvalue weighted by molar-refractivity contribution is 0.0600. The Kier molecular flexibility index (Phi) is 4.80. The average molecular weight is 379 g/mol. The maximum Gasteiger partial charge on any atom is 0.337 e. The predicted molar refractivity (Wildman–Crippen MR) is 95.1 cm³/mol. The molecule has 1 heterocycles. The summed E-state index contributed by atoms with van der Waals surface area (Å²) in [6, 6.07) is 13.5. The Morgan fingerprint density at radius 3 is 2.68 bits per heavy atom. The summed E-state index contributed by atoms with van der Waals surface area (Å²) < 4.78 is 32.2. The third kappa shape index (κ3) is 3.68. The number of halogens is 1. The second kappa shape index (κ2) is 6.87. The van der Waals surface area contributed by atoms with Crippen LogP contribution in [0.15, 0.2) is 53.4 Å². The smallest absolute Gasteiger partial charge is 0.337 e. The maximum absolute atomic E-state index is 12.5. The van der Waals surface area contributed by atoms with E-state index in [1.165, 1.54) is 25.3 Å². The molecule has 25 heavy (non-hydrogen) atoms. The van der Waals surface area contributed by atoms with Gasteiger partial charge in [0.15, 0.2) is 0 Å². The maximum atomic E-state index is 12.5. The Morgan fingerprint density at radius 2 is 1.96 bits per heavy atom. The first kappa shape index (κ1) is 17.5. The largest absolute Gasteiger partial charge is 0.465 e. The summed E-state index contributed by atoms with van der Waals surface area (Å²) in [7, 11) is -2.68. The number of ether oxygens (including phenoxy) is 1. The Balaban J connectivity index is 1.85. The van der Waals surface area contributed by atoms with Gasteiger partial charge in [-0.05, 0) is 35.7 Å². The number of hydrogen-bond acceptors (Lipinski definition) is 4. The molecule has 0 aliphatic rings. The first-order chi connectivity index (χ1) is 11.9. The van der Waals surface area contributed by atoms with E-state index in [9.17, 15) is 13.2 Å². The molecule has 2 aromatic carbocycles. The lowest BCUT2D eigenvalue weighted by atomic mass is 10.2. The summed E-state index contributed by atoms with van der Waals surface area (Å²) in [6.45, 7) is 0.0653. The zero-order valence-corrected chi connectivity index (χ0v) is 14.8. The summed E-state index contributed by atoms with van der Waals surface area (Å²) in [4.78, 5) is 14.6. The molecule has 2 N–H and O–H groups in total. The van der Waals surface area contributed by atoms with Crippen LogP contribution in [0, 0.1) is 0 Å². The van der Waals surface area contributed by atoms with Gasteiger partial charge in [0.05, 0.1) is 24.2 Å². The van der Waals surface area contributed by atoms with E-state index in [0.29, 0.717) is 5.69 Å². The normalized spacial score (nSPS) is 11.6. The SMILES string of the molecule is COC(=O)c1ccc(Cl)c(S(=O)(=O)NCc2cc3ccccc3[nH]2)c1. The molecule has 8 heteroatoms. The summed E-state index contributed by atoms with van der Waals surface area (Å²) in [6.07, 6.45) is 0. The molecular weight excluding hydrogens is 364 g/mol. The highest BCUT2D eigenvalue weighted by Gasteiger charge is 2.20. The molecule has 0 spiro atoms. The molecule has 6 nitrogen and oxygen atoms in total. The number of nitrogens with one attached hydrogen (secondary N) is 2. The highest BCUT2D eigenvalue weighted by atomic mass is 35.5. The highest BCUT2D eigenvalue weighted by molar-refractivity contribution is 7.89. The average Bonchev–Trinajstić information content (AvgIpc) is 3.02. The van der Waals surface area contributed by atoms with E-state index < -0.39 is 16.0 Å². The van der Waals surface area contributed by atoms with E-state index in [0.717, 1.165) is 10.9 Å². The standard InChI is InChI=1S/C17H15ClN2O4S/c1-24-17(21)12-6-7-14(18)16(9-12)25(22,23)19-10-13-8-11-4-2-3-5-15(11)20-13/h2-9,19-20H,10H2,1H3. The van der Waals surface area contributed by atoms with Crippen molar-refractivity contribution in [1.82, 2.24) is 9.71 Å². The number of aromatic amines is 1. The number of carbonyl (C=O) groups is 1. The van der Waals surface area contributed by atoms with Gasteiger partial charge >= 0.3 is 5.97 Å². The molecular formula is C17H15ClN2O4S. The third-order valence-corrected chi connectivity index (χ3v) is 5.56. The molecule has 1 aromatic heterocycles. The van der Waals surface area contributed by atoms with Crippen LogP contribution in [0.2, 0.25) is 5.02 Å². The van der Waals surface area contributed by atoms with Gasteiger partial charge in [-0.15, -0.1) is 0 Å². The van der Waals surface area contributed by atoms with Gasteiger partial charge in [0.2, 0.25) is 10.0 Å². The van der Waals surface area contributed by atoms with Crippen molar-refractivity contribution in [3.05, 3.63) is 64.8 Å². The van der Waals surface area contributed by atoms with Crippen LogP contribution in [0.3, 0.4) is 0 Å². The summed E-state index contributed by atoms with van der Waals surface area (Å²) in [5, 5.41) is 1.01. The number of sulfonamides is 1. The fourth-order valence-corrected chi connectivity index (χ4v) is 3.96. The van der Waals surface area contributed by atoms with Crippen LogP contribution >= 0.6 is 11.6 Å². The molecule has 0 bridgehead atoms. The van der Waals surface area contributed by atoms with E-state index >= 15 is 0 Å². The molecule has 130 valence electrons. The Bertz CT molecular complexity index is 1010. The Hall–Kier alpha value is -2.35. The van der Waals surface area contributed by atoms with Crippen molar-refractivity contribution in [3.63, 3.8) is 0 Å². The molecule has 3 aromatic rings. The lowest BCUT2D eigenvalue weighted by Crippen LogP contribution is -2.24. The van der Waals surface area contributed by atoms with Gasteiger partial charge in [0, 0.05) is 11.2 Å². The number of rotatable bonds is 5. The van der Waals surface area contributed by atoms with Crippen molar-refractivity contribution in [2.75, 3.05) is 7.11 Å². The van der Waals surface area contributed by atoms with Crippen molar-refractivity contribution in [2.24, 2.45) is 0 Å². The number of esters is 1. The van der Waals surface area contributed by atoms with Crippen LogP contribution in [0.4, 0.5) is 0 Å². The minimum absolute atomic E-state index is 0.0248. The number of para-hydroxylation sites is 1. The van der Waals surface area contributed by atoms with E-state index in [1.807, 2.05) is 30.3 Å². The van der Waals surface area contributed by atoms with E-state index in [1.54, 1.807) is 0 Å². The van der Waals surface area contributed by atoms with Gasteiger partial charge in [-0.25, -0.2) is 17.9 Å². The molecule has 0 radical (unpaired) electrons. The van der Waals surface area contributed by atoms with Crippen molar-refractivity contribution < 1.29 is 17.9 Å². The summed E-state index contributed by atoms with van der Waals surface area (Å²) in [5.74, 6) is -0.635. The second-order valence-electron chi connectivity index (χ2n) is 5.34. The summed E-state index contributed by atoms with van der Waals surface area (Å²) >= 11 is 6.00. The first-order valence-electron chi connectivity index (χ1n) is 7.35. The number of benzene rings is 2. The minimum Gasteiger partial charge on any atom is -0.465 e. The van der Waals surface area contributed by atoms with Crippen LogP contribution in [-0.2, 0) is 21.3 Å². The van der Waals surface area contributed by atoms with E-state index in [4.69, 9.17) is 11.6 Å². The zero-order valence-electron chi connectivity index (χ0n) is 13.2. The Morgan fingerprint density at radius 1 is 1.20 bits per heavy atom. The number of H-pyrrole nitrogens is 1. The van der Waals surface area contributed by atoms with Gasteiger partial charge in [0.25, 0.3) is 0 Å². The molecule has 0 saturated heterocycles. The summed E-state index contributed by atoms with van der Waals surface area (Å²) in [5.41, 5.74) is 1.74. The van der Waals surface area contributed by atoms with Crippen molar-refractivity contribution >= 4 is 38.5 Å². The number of aromatic nitrogens is 1. The van der Waals surface area contributed by atoms with E-state index in [-0.39, 0.29) is 22.0 Å². The van der Waals surface area contributed by atoms with Crippen molar-refractivity contribution in [3.8, 4) is 0 Å². The topological polar surface area (TPSA) is 88.3 Å². The van der Waals surface area contributed by atoms with E-state index in [2.05, 4.69) is 14.4 Å². The van der Waals surface area contributed by atoms with Crippen LogP contribution < -0.4 is 4.72 Å². The number of hydrogen-bond donors (Lipinski definition) is 2. The predicted octanol–water partition coefficient (Wildman–Crippen LogP) is 3.09. The van der Waals surface area contributed by atoms with Gasteiger partial charge in [-0.3, -0.25) is 0 Å². The molecule has 0 atom stereocenters. The molecule has 0 fully saturated rings. The number of carbonyl (C=O) groups excluding carboxylic acids is 1. The van der Waals surface area contributed by atoms with Crippen LogP contribution in [0.1, 0.15) is 16.1 Å². The van der Waals surface area contributed by atoms with Crippen molar-refractivity contribution in [1.29, 1.82) is 0 Å². The minimum atomic E-state index is -3.90. The molecule has 0 saturated carbocycles. The molecule has 0 amide bonds. The van der Waals surface area contributed by atoms with Crippen LogP contribution in [0.25, 0.3) is 10.9 Å². The molecule has 0 aliphatic heterocycles. The highest BCUT2D eigenvalue weighted by Crippen LogP contribution is 2.23. The fourth-order valence-electron chi connectivity index (χ4n) is 2.43. The van der Waals surface area contributed by atoms with Crippen LogP contribution in [0.5, 0.6) is 0 Å². The second-order valence-corrected chi connectivity index (χ2v) is 7.49. The van der Waals surface area contributed by atoms with Gasteiger partial charge in [-0.1, -0.05) is 29.8 Å². The van der Waals surface area contributed by atoms with Crippen LogP contribution in [-0.4, -0.2) is 26.5 Å². The molecule has 0 aliphatic carbocycles. The fraction of sp³-hybridized carbons (Fsp3) is 0.118. The van der Waals surface area contributed by atoms with Gasteiger partial charge in [0.1, 0.15) is 4.90 Å². The lowest BCUT2D eigenvalue weighted by Gasteiger charge is -2.09. The monoisotopic (exact) mass is 378 g/mol. The number of fused-ring (bicyclic) bond motifs is 1. The Labute approximate surface area is 149 Å².